The molecule has 0 spiro atoms. The number of amides is 3. The second-order valence-corrected chi connectivity index (χ2v) is 6.20. The summed E-state index contributed by atoms with van der Waals surface area (Å²) in [5, 5.41) is 5.06. The topological polar surface area (TPSA) is 93.7 Å². The predicted octanol–water partition coefficient (Wildman–Crippen LogP) is 3.02. The van der Waals surface area contributed by atoms with Gasteiger partial charge in [-0.1, -0.05) is 41.9 Å². The van der Waals surface area contributed by atoms with E-state index in [0.717, 1.165) is 0 Å². The van der Waals surface area contributed by atoms with E-state index in [0.29, 0.717) is 28.4 Å². The summed E-state index contributed by atoms with van der Waals surface area (Å²) in [5.74, 6) is -0.937. The van der Waals surface area contributed by atoms with Crippen LogP contribution in [0.2, 0.25) is 5.02 Å². The fourth-order valence-electron chi connectivity index (χ4n) is 2.50. The monoisotopic (exact) mass is 404 g/mol. The first kappa shape index (κ1) is 21.2. The van der Waals surface area contributed by atoms with Crippen LogP contribution in [0.25, 0.3) is 0 Å². The molecule has 0 aliphatic heterocycles. The molecular formula is C20H21ClN2O5. The summed E-state index contributed by atoms with van der Waals surface area (Å²) in [6, 6.07) is 12.6. The van der Waals surface area contributed by atoms with Crippen LogP contribution in [-0.4, -0.2) is 31.6 Å². The summed E-state index contributed by atoms with van der Waals surface area (Å²) in [6.07, 6.45) is -1.43. The van der Waals surface area contributed by atoms with Crippen LogP contribution >= 0.6 is 11.6 Å². The van der Waals surface area contributed by atoms with Crippen molar-refractivity contribution in [1.29, 1.82) is 0 Å². The molecule has 0 bridgehead atoms. The van der Waals surface area contributed by atoms with Gasteiger partial charge in [-0.15, -0.1) is 0 Å². The molecule has 0 heterocycles. The number of hydrogen-bond acceptors (Lipinski definition) is 5. The van der Waals surface area contributed by atoms with Gasteiger partial charge in [-0.05, 0) is 25.1 Å². The molecule has 28 heavy (non-hydrogen) atoms. The van der Waals surface area contributed by atoms with Crippen molar-refractivity contribution in [3.8, 4) is 5.75 Å². The quantitative estimate of drug-likeness (QED) is 0.692. The Hall–Kier alpha value is -3.06. The summed E-state index contributed by atoms with van der Waals surface area (Å²) in [6.45, 7) is 2.07. The summed E-state index contributed by atoms with van der Waals surface area (Å²) in [5.41, 5.74) is 0.964. The van der Waals surface area contributed by atoms with Crippen molar-refractivity contribution in [2.45, 2.75) is 19.4 Å². The molecule has 2 rings (SSSR count). The van der Waals surface area contributed by atoms with Gasteiger partial charge in [0.1, 0.15) is 5.75 Å². The Morgan fingerprint density at radius 2 is 1.82 bits per heavy atom. The Kier molecular flexibility index (Phi) is 7.83. The van der Waals surface area contributed by atoms with E-state index in [1.165, 1.54) is 7.11 Å². The lowest BCUT2D eigenvalue weighted by atomic mass is 10.1. The lowest BCUT2D eigenvalue weighted by Gasteiger charge is -2.18. The minimum atomic E-state index is -1.28. The highest BCUT2D eigenvalue weighted by Crippen LogP contribution is 2.25. The number of carbonyl (C=O) groups is 3. The maximum absolute atomic E-state index is 12.5. The number of carbonyl (C=O) groups excluding carboxylic acids is 3. The van der Waals surface area contributed by atoms with Gasteiger partial charge in [0.25, 0.3) is 5.91 Å². The maximum Gasteiger partial charge on any atom is 0.321 e. The molecule has 0 radical (unpaired) electrons. The third-order valence-corrected chi connectivity index (χ3v) is 3.98. The number of methoxy groups -OCH3 is 1. The Morgan fingerprint density at radius 3 is 2.46 bits per heavy atom. The minimum Gasteiger partial charge on any atom is -0.496 e. The number of ether oxygens (including phenoxy) is 2. The molecule has 8 heteroatoms. The molecule has 148 valence electrons. The van der Waals surface area contributed by atoms with E-state index in [2.05, 4.69) is 10.6 Å². The molecule has 0 fully saturated rings. The molecule has 0 aliphatic carbocycles. The Bertz CT molecular complexity index is 842. The first-order valence-corrected chi connectivity index (χ1v) is 8.98. The highest BCUT2D eigenvalue weighted by atomic mass is 35.5. The Morgan fingerprint density at radius 1 is 1.11 bits per heavy atom. The van der Waals surface area contributed by atoms with E-state index in [1.807, 2.05) is 0 Å². The van der Waals surface area contributed by atoms with Crippen LogP contribution in [0, 0.1) is 0 Å². The lowest BCUT2D eigenvalue weighted by molar-refractivity contribution is -0.155. The number of nitrogens with one attached hydrogen (secondary N) is 2. The van der Waals surface area contributed by atoms with Crippen molar-refractivity contribution < 1.29 is 23.9 Å². The first-order valence-electron chi connectivity index (χ1n) is 8.60. The van der Waals surface area contributed by atoms with Gasteiger partial charge < -0.3 is 14.8 Å². The van der Waals surface area contributed by atoms with Crippen molar-refractivity contribution in [1.82, 2.24) is 10.6 Å². The van der Waals surface area contributed by atoms with Crippen molar-refractivity contribution in [2.75, 3.05) is 13.7 Å². The molecule has 3 amide bonds. The summed E-state index contributed by atoms with van der Waals surface area (Å²) in [7, 11) is 1.48. The molecule has 1 atom stereocenters. The lowest BCUT2D eigenvalue weighted by Crippen LogP contribution is -2.42. The van der Waals surface area contributed by atoms with Crippen LogP contribution in [-0.2, 0) is 20.7 Å². The molecule has 2 aromatic rings. The summed E-state index contributed by atoms with van der Waals surface area (Å²) >= 11 is 5.98. The van der Waals surface area contributed by atoms with Crippen molar-refractivity contribution >= 4 is 29.5 Å². The Balaban J connectivity index is 2.18. The number of imide groups is 1. The largest absolute Gasteiger partial charge is 0.496 e. The van der Waals surface area contributed by atoms with E-state index in [4.69, 9.17) is 21.1 Å². The van der Waals surface area contributed by atoms with E-state index in [-0.39, 0.29) is 6.42 Å². The van der Waals surface area contributed by atoms with E-state index in [1.54, 1.807) is 55.5 Å². The summed E-state index contributed by atoms with van der Waals surface area (Å²) < 4.78 is 10.6. The number of urea groups is 1. The van der Waals surface area contributed by atoms with Crippen LogP contribution in [0.1, 0.15) is 24.2 Å². The number of halogens is 1. The van der Waals surface area contributed by atoms with Crippen LogP contribution in [0.15, 0.2) is 48.5 Å². The molecule has 2 N–H and O–H groups in total. The Labute approximate surface area is 168 Å². The van der Waals surface area contributed by atoms with E-state index < -0.39 is 24.0 Å². The van der Waals surface area contributed by atoms with Gasteiger partial charge in [0.15, 0.2) is 0 Å². The smallest absolute Gasteiger partial charge is 0.321 e. The third-order valence-electron chi connectivity index (χ3n) is 3.74. The van der Waals surface area contributed by atoms with Crippen LogP contribution in [0.3, 0.4) is 0 Å². The van der Waals surface area contributed by atoms with Gasteiger partial charge in [-0.2, -0.15) is 0 Å². The van der Waals surface area contributed by atoms with Gasteiger partial charge in [-0.25, -0.2) is 4.79 Å². The molecule has 0 unspecified atom stereocenters. The van der Waals surface area contributed by atoms with Crippen molar-refractivity contribution in [3.05, 3.63) is 64.7 Å². The van der Waals surface area contributed by atoms with Crippen LogP contribution in [0.5, 0.6) is 5.75 Å². The number of hydrogen-bond donors (Lipinski definition) is 2. The average molecular weight is 405 g/mol. The molecule has 0 aromatic heterocycles. The van der Waals surface area contributed by atoms with Gasteiger partial charge in [0.2, 0.25) is 6.10 Å². The first-order chi connectivity index (χ1) is 13.4. The fraction of sp³-hybridized carbons (Fsp3) is 0.250. The standard InChI is InChI=1S/C20H21ClN2O5/c1-3-22-20(26)23-19(25)18(13-7-5-4-6-8-13)28-17(24)12-14-11-15(21)9-10-16(14)27-2/h4-11,18H,3,12H2,1-2H3,(H2,22,23,25,26)/t18-/m1/s1. The molecule has 7 nitrogen and oxygen atoms in total. The molecule has 0 saturated heterocycles. The predicted molar refractivity (Wildman–Crippen MR) is 104 cm³/mol. The fourth-order valence-corrected chi connectivity index (χ4v) is 2.69. The maximum atomic E-state index is 12.5. The van der Waals surface area contributed by atoms with Crippen LogP contribution < -0.4 is 15.4 Å². The second kappa shape index (κ2) is 10.3. The molecule has 0 saturated carbocycles. The average Bonchev–Trinajstić information content (AvgIpc) is 2.67. The highest BCUT2D eigenvalue weighted by Gasteiger charge is 2.27. The minimum absolute atomic E-state index is 0.151. The zero-order valence-corrected chi connectivity index (χ0v) is 16.3. The highest BCUT2D eigenvalue weighted by molar-refractivity contribution is 6.30. The SMILES string of the molecule is CCNC(=O)NC(=O)[C@H](OC(=O)Cc1cc(Cl)ccc1OC)c1ccccc1. The van der Waals surface area contributed by atoms with Gasteiger partial charge in [0.05, 0.1) is 13.5 Å². The van der Waals surface area contributed by atoms with E-state index >= 15 is 0 Å². The van der Waals surface area contributed by atoms with E-state index in [9.17, 15) is 14.4 Å². The number of benzene rings is 2. The normalized spacial score (nSPS) is 11.2. The molecule has 2 aromatic carbocycles. The third kappa shape index (κ3) is 5.99. The second-order valence-electron chi connectivity index (χ2n) is 5.76. The van der Waals surface area contributed by atoms with Crippen molar-refractivity contribution in [2.24, 2.45) is 0 Å². The summed E-state index contributed by atoms with van der Waals surface area (Å²) in [4.78, 5) is 36.7. The van der Waals surface area contributed by atoms with Gasteiger partial charge in [-0.3, -0.25) is 14.9 Å². The van der Waals surface area contributed by atoms with Gasteiger partial charge in [0, 0.05) is 22.7 Å². The van der Waals surface area contributed by atoms with Gasteiger partial charge >= 0.3 is 12.0 Å². The number of esters is 1. The number of rotatable bonds is 7. The van der Waals surface area contributed by atoms with Crippen molar-refractivity contribution in [3.63, 3.8) is 0 Å². The zero-order valence-electron chi connectivity index (χ0n) is 15.5. The molecular weight excluding hydrogens is 384 g/mol. The molecule has 0 aliphatic rings. The van der Waals surface area contributed by atoms with Crippen LogP contribution in [0.4, 0.5) is 4.79 Å². The zero-order chi connectivity index (χ0) is 20.5.